The molecule has 45 heteroatoms. The maximum absolute atomic E-state index is 13.1. The van der Waals surface area contributed by atoms with Crippen LogP contribution in [0.4, 0.5) is 0 Å². The molecule has 6 heterocycles. The Bertz CT molecular complexity index is 2730. The molecule has 0 aromatic heterocycles. The number of aliphatic hydroxyl groups is 9. The number of carbonyl (C=O) groups excluding carboxylic acids is 6. The van der Waals surface area contributed by atoms with Crippen molar-refractivity contribution in [2.24, 2.45) is 5.41 Å². The molecule has 0 saturated carbocycles. The highest BCUT2D eigenvalue weighted by atomic mass is 31.2. The summed E-state index contributed by atoms with van der Waals surface area (Å²) in [5.74, 6) is -1.93. The minimum absolute atomic E-state index is 0.0598. The van der Waals surface area contributed by atoms with Crippen LogP contribution in [0.25, 0.3) is 0 Å². The number of phosphoric acid groups is 3. The van der Waals surface area contributed by atoms with Crippen LogP contribution < -0.4 is 16.0 Å². The molecule has 6 fully saturated rings. The highest BCUT2D eigenvalue weighted by Gasteiger charge is 2.49. The van der Waals surface area contributed by atoms with Gasteiger partial charge in [0.2, 0.25) is 35.4 Å². The second kappa shape index (κ2) is 51.4. The number of hydrogen-bond donors (Lipinski definition) is 15. The predicted molar refractivity (Wildman–Crippen MR) is 399 cm³/mol. The van der Waals surface area contributed by atoms with Crippen LogP contribution in [0.1, 0.15) is 156 Å². The van der Waals surface area contributed by atoms with E-state index in [1.54, 1.807) is 14.7 Å². The molecule has 115 heavy (non-hydrogen) atoms. The van der Waals surface area contributed by atoms with Gasteiger partial charge in [0.25, 0.3) is 0 Å². The van der Waals surface area contributed by atoms with Crippen LogP contribution in [0.3, 0.4) is 0 Å². The summed E-state index contributed by atoms with van der Waals surface area (Å²) in [5, 5.41) is 98.5. The molecule has 6 saturated heterocycles. The molecule has 0 aromatic rings. The number of unbranched alkanes of at least 4 members (excludes halogenated alkanes) is 3. The van der Waals surface area contributed by atoms with E-state index >= 15 is 0 Å². The van der Waals surface area contributed by atoms with Crippen molar-refractivity contribution in [2.45, 2.75) is 266 Å². The molecule has 0 aliphatic carbocycles. The third-order valence-corrected chi connectivity index (χ3v) is 23.5. The molecule has 6 aliphatic heterocycles. The number of amides is 6. The minimum atomic E-state index is -4.56. The molecule has 668 valence electrons. The molecule has 0 spiro atoms. The normalized spacial score (nSPS) is 28.9. The lowest BCUT2D eigenvalue weighted by molar-refractivity contribution is -0.270. The topological polar surface area (TPSA) is 581 Å². The summed E-state index contributed by atoms with van der Waals surface area (Å²) in [4.78, 5) is 111. The van der Waals surface area contributed by atoms with Gasteiger partial charge in [-0.05, 0) is 103 Å². The summed E-state index contributed by atoms with van der Waals surface area (Å²) < 4.78 is 124. The minimum Gasteiger partial charge on any atom is -0.394 e. The Hall–Kier alpha value is -3.57. The Kier molecular flexibility index (Phi) is 44.8. The molecule has 18 atom stereocenters. The number of carbonyl (C=O) groups is 6. The first-order valence-electron chi connectivity index (χ1n) is 39.8. The van der Waals surface area contributed by atoms with Gasteiger partial charge in [-0.3, -0.25) is 55.9 Å². The number of likely N-dealkylation sites (tertiary alicyclic amines) is 3. The second-order valence-electron chi connectivity index (χ2n) is 29.7. The molecule has 0 aromatic carbocycles. The van der Waals surface area contributed by atoms with Crippen molar-refractivity contribution >= 4 is 58.9 Å². The van der Waals surface area contributed by atoms with E-state index in [1.165, 1.54) is 20.8 Å². The molecule has 9 unspecified atom stereocenters. The predicted octanol–water partition coefficient (Wildman–Crippen LogP) is -1.24. The summed E-state index contributed by atoms with van der Waals surface area (Å²) in [6.07, 6.45) is -11.6. The van der Waals surface area contributed by atoms with Gasteiger partial charge in [-0.15, -0.1) is 0 Å². The smallest absolute Gasteiger partial charge is 0.394 e. The number of hydrogen-bond acceptors (Lipinski definition) is 33. The fraction of sp³-hybridized carbons (Fsp3) is 0.914. The fourth-order valence-corrected chi connectivity index (χ4v) is 17.1. The SMILES string of the molecule is CCCC(COCCCOP(=O)(O)OC1CCN(C(=O)CCCCO[C@@H]2OC(CO)[C@H](O)[C@H](O)C2NC(C)=O)CC1)(COCCCOP(=O)(O)OC1CCN(C(=O)CCCCO[C@@H]2OC(CO)[C@H](O)C(O)[C@@H]2NC(C)=O)CC1)COCCCOP(=O)(O)OC1CCN(C(=O)CCCCO[C@@H]2OC(CO)[C@H](O)C(O)[C@@H]2NC(C)=O)CC1. The zero-order valence-electron chi connectivity index (χ0n) is 66.2. The molecule has 42 nitrogen and oxygen atoms in total. The van der Waals surface area contributed by atoms with E-state index in [2.05, 4.69) is 16.0 Å². The number of ether oxygens (including phenoxy) is 9. The van der Waals surface area contributed by atoms with Crippen LogP contribution in [0.5, 0.6) is 0 Å². The lowest BCUT2D eigenvalue weighted by Gasteiger charge is -2.42. The van der Waals surface area contributed by atoms with Gasteiger partial charge in [0, 0.05) is 124 Å². The number of piperidine rings is 3. The molecule has 6 rings (SSSR count). The van der Waals surface area contributed by atoms with Crippen molar-refractivity contribution in [1.29, 1.82) is 0 Å². The zero-order valence-corrected chi connectivity index (χ0v) is 68.9. The van der Waals surface area contributed by atoms with Crippen LogP contribution in [-0.2, 0) is 112 Å². The van der Waals surface area contributed by atoms with Gasteiger partial charge in [0.15, 0.2) is 18.9 Å². The first-order valence-corrected chi connectivity index (χ1v) is 44.3. The Morgan fingerprint density at radius 1 is 0.391 bits per heavy atom. The largest absolute Gasteiger partial charge is 0.472 e. The summed E-state index contributed by atoms with van der Waals surface area (Å²) in [6.45, 7) is 5.34. The first kappa shape index (κ1) is 100. The average molecular weight is 1720 g/mol. The number of nitrogens with zero attached hydrogens (tertiary/aromatic N) is 3. The fourth-order valence-electron chi connectivity index (χ4n) is 14.1. The highest BCUT2D eigenvalue weighted by molar-refractivity contribution is 7.48. The number of aliphatic hydroxyl groups excluding tert-OH is 9. The van der Waals surface area contributed by atoms with Crippen molar-refractivity contribution in [3.63, 3.8) is 0 Å². The standard InChI is InChI=1S/C70H127N6O36P3/c1-5-24-70(43-98-31-12-37-104-113(92,93)110-49-18-25-74(26-19-49)55(83)15-6-9-34-101-67-58(71-46(2)80)64(89)61(86)52(40-77)107-67,44-99-32-13-38-105-114(94,95)111-50-20-27-75(28-21-50)56(84)16-7-10-35-102-68-59(72-47(3)81)65(90)62(87)53(41-78)108-68)45-100-33-14-39-106-115(96,97)112-51-22-29-76(30-23-51)57(85)17-8-11-36-103-69-60(73-48(4)82)66(91)63(88)54(42-79)109-69/h49-54,58-69,77-79,86-91H,5-45H2,1-4H3,(H,71,80)(H,72,81)(H,73,82)(H,92,93)(H,94,95)(H,96,97)/t52?,53?,54?,58-,59-,60?,61-,62-,63-,64?,65?,66+,67+,68+,69+,70?/m0/s1. The maximum atomic E-state index is 13.1. The van der Waals surface area contributed by atoms with E-state index in [-0.39, 0.29) is 213 Å². The average Bonchev–Trinajstić information content (AvgIpc) is 0.810. The maximum Gasteiger partial charge on any atom is 0.472 e. The Labute approximate surface area is 670 Å². The van der Waals surface area contributed by atoms with E-state index in [4.69, 9.17) is 69.8 Å². The van der Waals surface area contributed by atoms with Crippen LogP contribution in [0.15, 0.2) is 0 Å². The molecule has 6 aliphatic rings. The first-order chi connectivity index (χ1) is 54.7. The van der Waals surface area contributed by atoms with Crippen LogP contribution >= 0.6 is 23.5 Å². The van der Waals surface area contributed by atoms with Crippen LogP contribution in [0, 0.1) is 5.41 Å². The van der Waals surface area contributed by atoms with E-state index < -0.39 is 177 Å². The molecule has 0 bridgehead atoms. The number of phosphoric ester groups is 3. The van der Waals surface area contributed by atoms with Gasteiger partial charge in [0.1, 0.15) is 73.1 Å². The third kappa shape index (κ3) is 35.1. The van der Waals surface area contributed by atoms with E-state index in [0.717, 1.165) is 0 Å². The third-order valence-electron chi connectivity index (χ3n) is 20.3. The van der Waals surface area contributed by atoms with Gasteiger partial charge in [-0.25, -0.2) is 13.7 Å². The van der Waals surface area contributed by atoms with Crippen molar-refractivity contribution in [2.75, 3.05) is 138 Å². The van der Waals surface area contributed by atoms with E-state index in [9.17, 15) is 103 Å². The van der Waals surface area contributed by atoms with Crippen LogP contribution in [-0.4, -0.2) is 359 Å². The Morgan fingerprint density at radius 2 is 0.652 bits per heavy atom. The van der Waals surface area contributed by atoms with Crippen molar-refractivity contribution in [3.8, 4) is 0 Å². The summed E-state index contributed by atoms with van der Waals surface area (Å²) in [7, 11) is -13.7. The quantitative estimate of drug-likeness (QED) is 0.0250. The van der Waals surface area contributed by atoms with Crippen molar-refractivity contribution < 1.29 is 173 Å². The Balaban J connectivity index is 0.895. The molecule has 15 N–H and O–H groups in total. The van der Waals surface area contributed by atoms with Gasteiger partial charge >= 0.3 is 23.5 Å². The second-order valence-corrected chi connectivity index (χ2v) is 33.9. The lowest BCUT2D eigenvalue weighted by Crippen LogP contribution is -2.64. The molecule has 0 radical (unpaired) electrons. The lowest BCUT2D eigenvalue weighted by atomic mass is 9.86. The molecular formula is C70H127N6O36P3. The number of rotatable bonds is 53. The van der Waals surface area contributed by atoms with Crippen molar-refractivity contribution in [1.82, 2.24) is 30.7 Å². The zero-order chi connectivity index (χ0) is 84.3. The van der Waals surface area contributed by atoms with Crippen LogP contribution in [0.2, 0.25) is 0 Å². The van der Waals surface area contributed by atoms with Gasteiger partial charge < -0.3 is 134 Å². The summed E-state index contributed by atoms with van der Waals surface area (Å²) >= 11 is 0. The monoisotopic (exact) mass is 1720 g/mol. The van der Waals surface area contributed by atoms with Gasteiger partial charge in [-0.1, -0.05) is 13.3 Å². The molecular weight excluding hydrogens is 1590 g/mol. The Morgan fingerprint density at radius 3 is 0.887 bits per heavy atom. The summed E-state index contributed by atoms with van der Waals surface area (Å²) in [6, 6.07) is -3.29. The summed E-state index contributed by atoms with van der Waals surface area (Å²) in [5.41, 5.74) is -0.803. The molecule has 6 amide bonds. The van der Waals surface area contributed by atoms with E-state index in [1.807, 2.05) is 6.92 Å². The van der Waals surface area contributed by atoms with Gasteiger partial charge in [-0.2, -0.15) is 0 Å². The van der Waals surface area contributed by atoms with E-state index in [0.29, 0.717) is 51.4 Å². The van der Waals surface area contributed by atoms with Gasteiger partial charge in [0.05, 0.1) is 77.8 Å². The highest BCUT2D eigenvalue weighted by Crippen LogP contribution is 2.48. The van der Waals surface area contributed by atoms with Crippen molar-refractivity contribution in [3.05, 3.63) is 0 Å². The number of nitrogens with one attached hydrogen (secondary N) is 3.